The van der Waals surface area contributed by atoms with E-state index in [2.05, 4.69) is 35.8 Å². The van der Waals surface area contributed by atoms with Crippen LogP contribution in [0.25, 0.3) is 0 Å². The summed E-state index contributed by atoms with van der Waals surface area (Å²) in [6.45, 7) is 4.17. The molecule has 0 fully saturated rings. The third-order valence-electron chi connectivity index (χ3n) is 4.21. The summed E-state index contributed by atoms with van der Waals surface area (Å²) < 4.78 is 0. The number of halogens is 2. The summed E-state index contributed by atoms with van der Waals surface area (Å²) in [6, 6.07) is 12.3. The van der Waals surface area contributed by atoms with Crippen LogP contribution in [-0.4, -0.2) is 13.1 Å². The topological polar surface area (TPSA) is 24.1 Å². The highest BCUT2D eigenvalue weighted by Crippen LogP contribution is 2.33. The van der Waals surface area contributed by atoms with Gasteiger partial charge in [-0.3, -0.25) is 0 Å². The fourth-order valence-electron chi connectivity index (χ4n) is 2.95. The maximum Gasteiger partial charge on any atom is 0.0640 e. The van der Waals surface area contributed by atoms with Crippen molar-refractivity contribution in [2.45, 2.75) is 25.8 Å². The van der Waals surface area contributed by atoms with Crippen molar-refractivity contribution in [3.8, 4) is 0 Å². The lowest BCUT2D eigenvalue weighted by atomic mass is 9.99. The van der Waals surface area contributed by atoms with Crippen LogP contribution in [0.2, 0.25) is 10.0 Å². The summed E-state index contributed by atoms with van der Waals surface area (Å²) in [5, 5.41) is 8.60. The van der Waals surface area contributed by atoms with Gasteiger partial charge >= 0.3 is 0 Å². The molecule has 0 aromatic heterocycles. The van der Waals surface area contributed by atoms with Gasteiger partial charge < -0.3 is 10.6 Å². The van der Waals surface area contributed by atoms with E-state index in [4.69, 9.17) is 23.2 Å². The Kier molecular flexibility index (Phi) is 4.92. The van der Waals surface area contributed by atoms with Crippen molar-refractivity contribution >= 4 is 28.9 Å². The van der Waals surface area contributed by atoms with Gasteiger partial charge in [-0.1, -0.05) is 41.4 Å². The molecule has 0 saturated carbocycles. The van der Waals surface area contributed by atoms with Crippen LogP contribution in [0.15, 0.2) is 36.4 Å². The van der Waals surface area contributed by atoms with E-state index in [0.717, 1.165) is 41.7 Å². The Labute approximate surface area is 141 Å². The van der Waals surface area contributed by atoms with Gasteiger partial charge in [0.05, 0.1) is 10.7 Å². The zero-order chi connectivity index (χ0) is 15.5. The molecule has 0 amide bonds. The summed E-state index contributed by atoms with van der Waals surface area (Å²) in [5.41, 5.74) is 5.01. The minimum absolute atomic E-state index is 0.178. The molecular weight excluding hydrogens is 315 g/mol. The summed E-state index contributed by atoms with van der Waals surface area (Å²) in [7, 11) is 0. The molecule has 0 saturated heterocycles. The third-order valence-corrected chi connectivity index (χ3v) is 4.78. The highest BCUT2D eigenvalue weighted by molar-refractivity contribution is 6.33. The van der Waals surface area contributed by atoms with Gasteiger partial charge in [-0.05, 0) is 67.7 Å². The molecule has 1 heterocycles. The zero-order valence-electron chi connectivity index (χ0n) is 12.6. The van der Waals surface area contributed by atoms with Crippen molar-refractivity contribution < 1.29 is 0 Å². The fraction of sp³-hybridized carbons (Fsp3) is 0.333. The van der Waals surface area contributed by atoms with Crippen LogP contribution in [0.1, 0.15) is 29.7 Å². The van der Waals surface area contributed by atoms with Gasteiger partial charge in [-0.2, -0.15) is 0 Å². The summed E-state index contributed by atoms with van der Waals surface area (Å²) >= 11 is 12.4. The molecule has 3 rings (SSSR count). The fourth-order valence-corrected chi connectivity index (χ4v) is 3.31. The smallest absolute Gasteiger partial charge is 0.0640 e. The Morgan fingerprint density at radius 1 is 1.00 bits per heavy atom. The van der Waals surface area contributed by atoms with E-state index in [1.807, 2.05) is 18.2 Å². The third kappa shape index (κ3) is 3.40. The lowest BCUT2D eigenvalue weighted by Gasteiger charge is -2.21. The molecule has 0 radical (unpaired) electrons. The van der Waals surface area contributed by atoms with Crippen LogP contribution in [0, 0.1) is 0 Å². The molecule has 4 heteroatoms. The molecular formula is C18H20Cl2N2. The molecule has 0 aliphatic carbocycles. The largest absolute Gasteiger partial charge is 0.377 e. The Morgan fingerprint density at radius 3 is 2.50 bits per heavy atom. The van der Waals surface area contributed by atoms with Crippen molar-refractivity contribution in [2.75, 3.05) is 18.4 Å². The summed E-state index contributed by atoms with van der Waals surface area (Å²) in [6.07, 6.45) is 2.06. The predicted octanol–water partition coefficient (Wildman–Crippen LogP) is 4.85. The molecule has 1 aliphatic rings. The highest BCUT2D eigenvalue weighted by atomic mass is 35.5. The van der Waals surface area contributed by atoms with Crippen LogP contribution < -0.4 is 10.6 Å². The van der Waals surface area contributed by atoms with Crippen LogP contribution in [0.5, 0.6) is 0 Å². The predicted molar refractivity (Wildman–Crippen MR) is 95.2 cm³/mol. The molecule has 1 atom stereocenters. The second-order valence-corrected chi connectivity index (χ2v) is 6.57. The Balaban J connectivity index is 1.89. The quantitative estimate of drug-likeness (QED) is 0.837. The van der Waals surface area contributed by atoms with E-state index < -0.39 is 0 Å². The second kappa shape index (κ2) is 6.91. The van der Waals surface area contributed by atoms with Crippen molar-refractivity contribution in [3.63, 3.8) is 0 Å². The zero-order valence-corrected chi connectivity index (χ0v) is 14.1. The minimum atomic E-state index is 0.178. The van der Waals surface area contributed by atoms with Gasteiger partial charge in [0.2, 0.25) is 0 Å². The van der Waals surface area contributed by atoms with Gasteiger partial charge in [-0.15, -0.1) is 0 Å². The Hall–Kier alpha value is -1.22. The summed E-state index contributed by atoms with van der Waals surface area (Å²) in [5.74, 6) is 0. The number of fused-ring (bicyclic) bond motifs is 1. The molecule has 2 nitrogen and oxygen atoms in total. The maximum atomic E-state index is 6.47. The van der Waals surface area contributed by atoms with Gasteiger partial charge in [-0.25, -0.2) is 0 Å². The molecule has 22 heavy (non-hydrogen) atoms. The van der Waals surface area contributed by atoms with E-state index in [-0.39, 0.29) is 6.04 Å². The molecule has 0 bridgehead atoms. The lowest BCUT2D eigenvalue weighted by Crippen LogP contribution is -2.16. The Morgan fingerprint density at radius 2 is 1.73 bits per heavy atom. The van der Waals surface area contributed by atoms with Gasteiger partial charge in [0.25, 0.3) is 0 Å². The first kappa shape index (κ1) is 15.7. The molecule has 1 unspecified atom stereocenters. The first-order valence-electron chi connectivity index (χ1n) is 7.68. The number of hydrogen-bond acceptors (Lipinski definition) is 2. The van der Waals surface area contributed by atoms with E-state index >= 15 is 0 Å². The Bertz CT molecular complexity index is 653. The van der Waals surface area contributed by atoms with Crippen LogP contribution in [-0.2, 0) is 12.8 Å². The van der Waals surface area contributed by atoms with Crippen LogP contribution >= 0.6 is 23.2 Å². The molecule has 116 valence electrons. The van der Waals surface area contributed by atoms with Crippen molar-refractivity contribution in [3.05, 3.63) is 63.1 Å². The first-order valence-corrected chi connectivity index (χ1v) is 8.43. The minimum Gasteiger partial charge on any atom is -0.377 e. The number of benzene rings is 2. The molecule has 2 N–H and O–H groups in total. The first-order chi connectivity index (χ1) is 10.6. The van der Waals surface area contributed by atoms with Crippen molar-refractivity contribution in [1.29, 1.82) is 0 Å². The standard InChI is InChI=1S/C18H20Cl2N2/c1-12(13-2-5-15(19)6-3-13)22-18-16-9-11-21-10-8-14(16)4-7-17(18)20/h2-7,12,21-22H,8-11H2,1H3. The van der Waals surface area contributed by atoms with Gasteiger partial charge in [0.15, 0.2) is 0 Å². The molecule has 2 aromatic carbocycles. The van der Waals surface area contributed by atoms with Crippen LogP contribution in [0.3, 0.4) is 0 Å². The molecule has 0 spiro atoms. The second-order valence-electron chi connectivity index (χ2n) is 5.73. The average molecular weight is 335 g/mol. The van der Waals surface area contributed by atoms with Crippen molar-refractivity contribution in [1.82, 2.24) is 5.32 Å². The lowest BCUT2D eigenvalue weighted by molar-refractivity contribution is 0.711. The highest BCUT2D eigenvalue weighted by Gasteiger charge is 2.16. The van der Waals surface area contributed by atoms with E-state index in [1.54, 1.807) is 0 Å². The van der Waals surface area contributed by atoms with Gasteiger partial charge in [0, 0.05) is 11.1 Å². The SMILES string of the molecule is CC(Nc1c(Cl)ccc2c1CCNCC2)c1ccc(Cl)cc1. The van der Waals surface area contributed by atoms with Crippen LogP contribution in [0.4, 0.5) is 5.69 Å². The number of rotatable bonds is 3. The van der Waals surface area contributed by atoms with E-state index in [9.17, 15) is 0 Å². The number of nitrogens with one attached hydrogen (secondary N) is 2. The van der Waals surface area contributed by atoms with Gasteiger partial charge in [0.1, 0.15) is 0 Å². The normalized spacial score (nSPS) is 15.8. The average Bonchev–Trinajstić information content (AvgIpc) is 2.76. The van der Waals surface area contributed by atoms with E-state index in [1.165, 1.54) is 16.7 Å². The number of hydrogen-bond donors (Lipinski definition) is 2. The number of anilines is 1. The monoisotopic (exact) mass is 334 g/mol. The molecule has 1 aliphatic heterocycles. The molecule has 2 aromatic rings. The maximum absolute atomic E-state index is 6.47. The van der Waals surface area contributed by atoms with E-state index in [0.29, 0.717) is 0 Å². The summed E-state index contributed by atoms with van der Waals surface area (Å²) in [4.78, 5) is 0. The van der Waals surface area contributed by atoms with Crippen molar-refractivity contribution in [2.24, 2.45) is 0 Å².